The van der Waals surface area contributed by atoms with Crippen molar-refractivity contribution in [3.63, 3.8) is 0 Å². The molecule has 0 aliphatic carbocycles. The molecular formula is C9H15N3S. The van der Waals surface area contributed by atoms with Crippen LogP contribution in [0, 0.1) is 0 Å². The number of imidazole rings is 1. The van der Waals surface area contributed by atoms with Gasteiger partial charge in [0.25, 0.3) is 0 Å². The summed E-state index contributed by atoms with van der Waals surface area (Å²) in [6.07, 6.45) is 7.73. The van der Waals surface area contributed by atoms with Crippen molar-refractivity contribution in [2.24, 2.45) is 0 Å². The Bertz CT molecular complexity index is 257. The normalized spacial score (nSPS) is 9.92. The number of nitrogens with one attached hydrogen (secondary N) is 1. The molecule has 0 saturated heterocycles. The third kappa shape index (κ3) is 3.14. The van der Waals surface area contributed by atoms with E-state index in [9.17, 15) is 0 Å². The number of thioether (sulfide) groups is 1. The van der Waals surface area contributed by atoms with Gasteiger partial charge in [-0.25, -0.2) is 4.98 Å². The van der Waals surface area contributed by atoms with Gasteiger partial charge in [-0.05, 0) is 6.26 Å². The summed E-state index contributed by atoms with van der Waals surface area (Å²) in [5.74, 6) is 2.04. The SMILES string of the molecule is C=CCNc1nccn1CCSC. The van der Waals surface area contributed by atoms with Crippen LogP contribution in [0.5, 0.6) is 0 Å². The Morgan fingerprint density at radius 2 is 2.62 bits per heavy atom. The molecule has 1 N–H and O–H groups in total. The molecule has 13 heavy (non-hydrogen) atoms. The molecule has 1 aromatic rings. The highest BCUT2D eigenvalue weighted by Crippen LogP contribution is 2.05. The van der Waals surface area contributed by atoms with Gasteiger partial charge in [0.2, 0.25) is 5.95 Å². The lowest BCUT2D eigenvalue weighted by atomic mass is 10.6. The van der Waals surface area contributed by atoms with Gasteiger partial charge < -0.3 is 9.88 Å². The zero-order valence-electron chi connectivity index (χ0n) is 7.86. The third-order valence-corrected chi connectivity index (χ3v) is 2.25. The van der Waals surface area contributed by atoms with Crippen LogP contribution < -0.4 is 5.32 Å². The van der Waals surface area contributed by atoms with Crippen molar-refractivity contribution in [3.8, 4) is 0 Å². The van der Waals surface area contributed by atoms with Crippen molar-refractivity contribution in [1.29, 1.82) is 0 Å². The van der Waals surface area contributed by atoms with Crippen molar-refractivity contribution in [3.05, 3.63) is 25.0 Å². The van der Waals surface area contributed by atoms with Gasteiger partial charge in [0.15, 0.2) is 0 Å². The Balaban J connectivity index is 2.49. The quantitative estimate of drug-likeness (QED) is 0.706. The molecule has 0 saturated carbocycles. The number of hydrogen-bond acceptors (Lipinski definition) is 3. The smallest absolute Gasteiger partial charge is 0.203 e. The van der Waals surface area contributed by atoms with Crippen molar-refractivity contribution < 1.29 is 0 Å². The van der Waals surface area contributed by atoms with Crippen molar-refractivity contribution in [2.75, 3.05) is 23.9 Å². The number of hydrogen-bond donors (Lipinski definition) is 1. The van der Waals surface area contributed by atoms with Crippen LogP contribution in [0.15, 0.2) is 25.0 Å². The maximum absolute atomic E-state index is 4.20. The maximum Gasteiger partial charge on any atom is 0.203 e. The number of anilines is 1. The second-order valence-electron chi connectivity index (χ2n) is 2.61. The molecule has 4 heteroatoms. The zero-order chi connectivity index (χ0) is 9.52. The third-order valence-electron chi connectivity index (χ3n) is 1.66. The summed E-state index contributed by atoms with van der Waals surface area (Å²) >= 11 is 1.84. The van der Waals surface area contributed by atoms with E-state index in [4.69, 9.17) is 0 Å². The molecule has 0 amide bonds. The highest BCUT2D eigenvalue weighted by Gasteiger charge is 1.98. The van der Waals surface area contributed by atoms with Crippen molar-refractivity contribution >= 4 is 17.7 Å². The highest BCUT2D eigenvalue weighted by molar-refractivity contribution is 7.98. The standard InChI is InChI=1S/C9H15N3S/c1-3-4-10-9-11-5-6-12(9)7-8-13-2/h3,5-6H,1,4,7-8H2,2H3,(H,10,11). The average molecular weight is 197 g/mol. The van der Waals surface area contributed by atoms with E-state index >= 15 is 0 Å². The first-order chi connectivity index (χ1) is 6.38. The molecule has 0 atom stereocenters. The molecule has 0 bridgehead atoms. The molecule has 0 aliphatic rings. The van der Waals surface area contributed by atoms with Crippen LogP contribution in [0.2, 0.25) is 0 Å². The van der Waals surface area contributed by atoms with Crippen LogP contribution in [0.4, 0.5) is 5.95 Å². The van der Waals surface area contributed by atoms with E-state index in [0.717, 1.165) is 24.8 Å². The lowest BCUT2D eigenvalue weighted by Gasteiger charge is -2.06. The molecule has 1 rings (SSSR count). The molecular weight excluding hydrogens is 182 g/mol. The minimum atomic E-state index is 0.760. The van der Waals surface area contributed by atoms with Gasteiger partial charge in [-0.1, -0.05) is 6.08 Å². The van der Waals surface area contributed by atoms with Crippen LogP contribution in [-0.2, 0) is 6.54 Å². The molecule has 0 spiro atoms. The molecule has 1 heterocycles. The monoisotopic (exact) mass is 197 g/mol. The van der Waals surface area contributed by atoms with Gasteiger partial charge in [0, 0.05) is 31.2 Å². The molecule has 0 unspecified atom stereocenters. The fourth-order valence-electron chi connectivity index (χ4n) is 1.01. The first-order valence-corrected chi connectivity index (χ1v) is 5.62. The molecule has 0 fully saturated rings. The Hall–Kier alpha value is -0.900. The van der Waals surface area contributed by atoms with E-state index in [1.54, 1.807) is 0 Å². The fraction of sp³-hybridized carbons (Fsp3) is 0.444. The number of nitrogens with zero attached hydrogens (tertiary/aromatic N) is 2. The fourth-order valence-corrected chi connectivity index (χ4v) is 1.39. The van der Waals surface area contributed by atoms with E-state index in [2.05, 4.69) is 27.7 Å². The summed E-state index contributed by atoms with van der Waals surface area (Å²) in [5.41, 5.74) is 0. The van der Waals surface area contributed by atoms with E-state index in [1.807, 2.05) is 30.2 Å². The Morgan fingerprint density at radius 3 is 3.31 bits per heavy atom. The minimum Gasteiger partial charge on any atom is -0.352 e. The van der Waals surface area contributed by atoms with Gasteiger partial charge in [-0.3, -0.25) is 0 Å². The number of aromatic nitrogens is 2. The zero-order valence-corrected chi connectivity index (χ0v) is 8.68. The Kier molecular flexibility index (Phi) is 4.46. The largest absolute Gasteiger partial charge is 0.352 e. The van der Waals surface area contributed by atoms with E-state index in [-0.39, 0.29) is 0 Å². The summed E-state index contributed by atoms with van der Waals surface area (Å²) in [5, 5.41) is 3.18. The first kappa shape index (κ1) is 10.2. The van der Waals surface area contributed by atoms with Crippen LogP contribution in [0.25, 0.3) is 0 Å². The number of rotatable bonds is 6. The van der Waals surface area contributed by atoms with Crippen LogP contribution in [0.3, 0.4) is 0 Å². The van der Waals surface area contributed by atoms with Gasteiger partial charge in [-0.2, -0.15) is 11.8 Å². The van der Waals surface area contributed by atoms with E-state index in [0.29, 0.717) is 0 Å². The maximum atomic E-state index is 4.20. The Labute approximate surface area is 83.2 Å². The summed E-state index contributed by atoms with van der Waals surface area (Å²) in [6.45, 7) is 5.41. The van der Waals surface area contributed by atoms with Crippen LogP contribution in [0.1, 0.15) is 0 Å². The van der Waals surface area contributed by atoms with Gasteiger partial charge >= 0.3 is 0 Å². The molecule has 0 aromatic carbocycles. The predicted molar refractivity (Wildman–Crippen MR) is 59.3 cm³/mol. The average Bonchev–Trinajstić information content (AvgIpc) is 2.59. The van der Waals surface area contributed by atoms with Gasteiger partial charge in [0.05, 0.1) is 0 Å². The van der Waals surface area contributed by atoms with Crippen molar-refractivity contribution in [2.45, 2.75) is 6.54 Å². The molecule has 0 aliphatic heterocycles. The molecule has 72 valence electrons. The molecule has 3 nitrogen and oxygen atoms in total. The molecule has 0 radical (unpaired) electrons. The minimum absolute atomic E-state index is 0.760. The van der Waals surface area contributed by atoms with Gasteiger partial charge in [0.1, 0.15) is 0 Å². The van der Waals surface area contributed by atoms with Crippen LogP contribution >= 0.6 is 11.8 Å². The predicted octanol–water partition coefficient (Wildman–Crippen LogP) is 1.84. The van der Waals surface area contributed by atoms with E-state index in [1.165, 1.54) is 0 Å². The topological polar surface area (TPSA) is 29.9 Å². The second-order valence-corrected chi connectivity index (χ2v) is 3.59. The first-order valence-electron chi connectivity index (χ1n) is 4.23. The lowest BCUT2D eigenvalue weighted by Crippen LogP contribution is -2.08. The lowest BCUT2D eigenvalue weighted by molar-refractivity contribution is 0.776. The number of aryl methyl sites for hydroxylation is 1. The second kappa shape index (κ2) is 5.70. The summed E-state index contributed by atoms with van der Waals surface area (Å²) < 4.78 is 2.11. The van der Waals surface area contributed by atoms with E-state index < -0.39 is 0 Å². The van der Waals surface area contributed by atoms with Gasteiger partial charge in [-0.15, -0.1) is 6.58 Å². The van der Waals surface area contributed by atoms with Crippen molar-refractivity contribution in [1.82, 2.24) is 9.55 Å². The summed E-state index contributed by atoms with van der Waals surface area (Å²) in [6, 6.07) is 0. The highest BCUT2D eigenvalue weighted by atomic mass is 32.2. The van der Waals surface area contributed by atoms with Crippen LogP contribution in [-0.4, -0.2) is 28.1 Å². The summed E-state index contributed by atoms with van der Waals surface area (Å²) in [7, 11) is 0. The molecule has 1 aromatic heterocycles. The summed E-state index contributed by atoms with van der Waals surface area (Å²) in [4.78, 5) is 4.20. The Morgan fingerprint density at radius 1 is 1.77 bits per heavy atom.